The molecule has 0 unspecified atom stereocenters. The minimum atomic E-state index is 0.278. The lowest BCUT2D eigenvalue weighted by molar-refractivity contribution is -0.139. The van der Waals surface area contributed by atoms with Gasteiger partial charge in [0.05, 0.1) is 6.54 Å². The third-order valence-corrected chi connectivity index (χ3v) is 5.86. The second kappa shape index (κ2) is 7.53. The minimum absolute atomic E-state index is 0.278. The van der Waals surface area contributed by atoms with Crippen LogP contribution in [0.2, 0.25) is 0 Å². The molecule has 1 spiro atoms. The number of amides is 1. The van der Waals surface area contributed by atoms with Gasteiger partial charge in [0, 0.05) is 31.9 Å². The van der Waals surface area contributed by atoms with E-state index in [9.17, 15) is 4.79 Å². The molecule has 26 heavy (non-hydrogen) atoms. The maximum atomic E-state index is 12.4. The topological polar surface area (TPSA) is 75.4 Å². The molecule has 2 aliphatic heterocycles. The molecular weight excluding hydrogens is 330 g/mol. The number of rotatable bonds is 5. The molecule has 2 aromatic heterocycles. The molecule has 7 nitrogen and oxygen atoms in total. The number of hydrogen-bond donors (Lipinski definition) is 0. The lowest BCUT2D eigenvalue weighted by atomic mass is 9.72. The summed E-state index contributed by atoms with van der Waals surface area (Å²) in [5.41, 5.74) is 1.52. The van der Waals surface area contributed by atoms with Crippen molar-refractivity contribution in [3.63, 3.8) is 0 Å². The van der Waals surface area contributed by atoms with Gasteiger partial charge in [-0.2, -0.15) is 4.98 Å². The van der Waals surface area contributed by atoms with Gasteiger partial charge in [0.15, 0.2) is 5.82 Å². The Kier molecular flexibility index (Phi) is 4.97. The monoisotopic (exact) mass is 355 g/mol. The molecule has 2 fully saturated rings. The molecule has 138 valence electrons. The number of nitrogens with zero attached hydrogens (tertiary/aromatic N) is 5. The summed E-state index contributed by atoms with van der Waals surface area (Å²) >= 11 is 0. The quantitative estimate of drug-likeness (QED) is 0.816. The lowest BCUT2D eigenvalue weighted by Gasteiger charge is -2.47. The average molecular weight is 355 g/mol. The average Bonchev–Trinajstić information content (AvgIpc) is 3.19. The standard InChI is InChI=1S/C19H25N5O2/c25-18-1-5-19(14-24(18)10-4-16-2-8-20-9-3-16)6-11-23(12-7-19)13-17-21-15-26-22-17/h2-3,8-9,15H,1,4-7,10-14H2. The van der Waals surface area contributed by atoms with E-state index in [1.165, 1.54) is 12.0 Å². The highest BCUT2D eigenvalue weighted by Crippen LogP contribution is 2.40. The Labute approximate surface area is 153 Å². The van der Waals surface area contributed by atoms with Crippen LogP contribution in [-0.2, 0) is 17.8 Å². The largest absolute Gasteiger partial charge is 0.343 e. The van der Waals surface area contributed by atoms with Crippen molar-refractivity contribution in [2.75, 3.05) is 26.2 Å². The highest BCUT2D eigenvalue weighted by Gasteiger charge is 2.40. The fourth-order valence-corrected chi connectivity index (χ4v) is 4.18. The fraction of sp³-hybridized carbons (Fsp3) is 0.579. The van der Waals surface area contributed by atoms with Crippen molar-refractivity contribution >= 4 is 5.91 Å². The van der Waals surface area contributed by atoms with Crippen molar-refractivity contribution < 1.29 is 9.32 Å². The number of carbonyl (C=O) groups is 1. The van der Waals surface area contributed by atoms with E-state index in [1.807, 2.05) is 24.5 Å². The van der Waals surface area contributed by atoms with Crippen LogP contribution >= 0.6 is 0 Å². The van der Waals surface area contributed by atoms with Gasteiger partial charge in [0.25, 0.3) is 0 Å². The van der Waals surface area contributed by atoms with Crippen molar-refractivity contribution in [1.29, 1.82) is 0 Å². The van der Waals surface area contributed by atoms with E-state index in [0.717, 1.165) is 64.2 Å². The van der Waals surface area contributed by atoms with Crippen molar-refractivity contribution in [1.82, 2.24) is 24.9 Å². The van der Waals surface area contributed by atoms with Gasteiger partial charge >= 0.3 is 0 Å². The number of carbonyl (C=O) groups excluding carboxylic acids is 1. The van der Waals surface area contributed by atoms with Crippen LogP contribution in [0.3, 0.4) is 0 Å². The van der Waals surface area contributed by atoms with Crippen LogP contribution < -0.4 is 0 Å². The summed E-state index contributed by atoms with van der Waals surface area (Å²) < 4.78 is 4.82. The van der Waals surface area contributed by atoms with Gasteiger partial charge in [-0.05, 0) is 61.9 Å². The zero-order valence-corrected chi connectivity index (χ0v) is 15.0. The van der Waals surface area contributed by atoms with E-state index in [2.05, 4.69) is 24.9 Å². The molecule has 0 atom stereocenters. The summed E-state index contributed by atoms with van der Waals surface area (Å²) in [7, 11) is 0. The molecule has 0 N–H and O–H groups in total. The summed E-state index contributed by atoms with van der Waals surface area (Å²) in [5.74, 6) is 1.05. The predicted molar refractivity (Wildman–Crippen MR) is 95.0 cm³/mol. The minimum Gasteiger partial charge on any atom is -0.343 e. The maximum Gasteiger partial charge on any atom is 0.222 e. The molecule has 1 amide bonds. The van der Waals surface area contributed by atoms with Gasteiger partial charge < -0.3 is 9.42 Å². The van der Waals surface area contributed by atoms with Crippen LogP contribution in [0.25, 0.3) is 0 Å². The van der Waals surface area contributed by atoms with Gasteiger partial charge in [-0.15, -0.1) is 0 Å². The van der Waals surface area contributed by atoms with Gasteiger partial charge in [-0.25, -0.2) is 0 Å². The van der Waals surface area contributed by atoms with Crippen molar-refractivity contribution in [2.24, 2.45) is 5.41 Å². The van der Waals surface area contributed by atoms with Gasteiger partial charge in [-0.1, -0.05) is 5.16 Å². The number of hydrogen-bond acceptors (Lipinski definition) is 6. The lowest BCUT2D eigenvalue weighted by Crippen LogP contribution is -2.51. The Morgan fingerprint density at radius 1 is 1.15 bits per heavy atom. The van der Waals surface area contributed by atoms with Crippen LogP contribution in [-0.4, -0.2) is 57.0 Å². The van der Waals surface area contributed by atoms with Crippen LogP contribution in [0.15, 0.2) is 35.4 Å². The first-order chi connectivity index (χ1) is 12.7. The van der Waals surface area contributed by atoms with Gasteiger partial charge in [0.2, 0.25) is 12.3 Å². The van der Waals surface area contributed by atoms with Crippen molar-refractivity contribution in [3.8, 4) is 0 Å². The van der Waals surface area contributed by atoms with Crippen LogP contribution in [0.4, 0.5) is 0 Å². The van der Waals surface area contributed by atoms with E-state index in [-0.39, 0.29) is 5.41 Å². The first kappa shape index (κ1) is 17.1. The summed E-state index contributed by atoms with van der Waals surface area (Å²) in [4.78, 5) is 25.0. The second-order valence-electron chi connectivity index (χ2n) is 7.54. The summed E-state index contributed by atoms with van der Waals surface area (Å²) in [6, 6.07) is 4.06. The third kappa shape index (κ3) is 3.93. The molecule has 2 aromatic rings. The van der Waals surface area contributed by atoms with Crippen LogP contribution in [0.1, 0.15) is 37.1 Å². The fourth-order valence-electron chi connectivity index (χ4n) is 4.18. The molecule has 0 aromatic carbocycles. The third-order valence-electron chi connectivity index (χ3n) is 5.86. The zero-order chi connectivity index (χ0) is 17.8. The Morgan fingerprint density at radius 2 is 1.96 bits per heavy atom. The Bertz CT molecular complexity index is 711. The molecule has 0 radical (unpaired) electrons. The molecule has 4 rings (SSSR count). The first-order valence-electron chi connectivity index (χ1n) is 9.37. The SMILES string of the molecule is O=C1CCC2(CCN(Cc3ncon3)CC2)CN1CCc1ccncc1. The van der Waals surface area contributed by atoms with E-state index >= 15 is 0 Å². The highest BCUT2D eigenvalue weighted by atomic mass is 16.5. The zero-order valence-electron chi connectivity index (χ0n) is 15.0. The molecule has 7 heteroatoms. The number of aromatic nitrogens is 3. The summed E-state index contributed by atoms with van der Waals surface area (Å²) in [6.45, 7) is 4.50. The van der Waals surface area contributed by atoms with Gasteiger partial charge in [0.1, 0.15) is 0 Å². The Hall–Kier alpha value is -2.28. The maximum absolute atomic E-state index is 12.4. The Morgan fingerprint density at radius 3 is 2.69 bits per heavy atom. The molecule has 4 heterocycles. The second-order valence-corrected chi connectivity index (χ2v) is 7.54. The number of likely N-dealkylation sites (tertiary alicyclic amines) is 2. The van der Waals surface area contributed by atoms with E-state index < -0.39 is 0 Å². The molecule has 0 aliphatic carbocycles. The van der Waals surface area contributed by atoms with E-state index in [4.69, 9.17) is 4.52 Å². The number of piperidine rings is 2. The molecule has 0 saturated carbocycles. The molecule has 2 aliphatic rings. The Balaban J connectivity index is 1.32. The van der Waals surface area contributed by atoms with Crippen LogP contribution in [0.5, 0.6) is 0 Å². The van der Waals surface area contributed by atoms with Crippen molar-refractivity contribution in [3.05, 3.63) is 42.3 Å². The van der Waals surface area contributed by atoms with Crippen molar-refractivity contribution in [2.45, 2.75) is 38.6 Å². The van der Waals surface area contributed by atoms with Crippen LogP contribution in [0, 0.1) is 5.41 Å². The smallest absolute Gasteiger partial charge is 0.222 e. The number of pyridine rings is 1. The normalized spacial score (nSPS) is 20.6. The molecule has 2 saturated heterocycles. The summed E-state index contributed by atoms with van der Waals surface area (Å²) in [6.07, 6.45) is 9.87. The van der Waals surface area contributed by atoms with E-state index in [1.54, 1.807) is 0 Å². The summed E-state index contributed by atoms with van der Waals surface area (Å²) in [5, 5.41) is 3.90. The predicted octanol–water partition coefficient (Wildman–Crippen LogP) is 1.91. The van der Waals surface area contributed by atoms with E-state index in [0.29, 0.717) is 12.3 Å². The first-order valence-corrected chi connectivity index (χ1v) is 9.37. The molecule has 0 bridgehead atoms. The molecular formula is C19H25N5O2. The highest BCUT2D eigenvalue weighted by molar-refractivity contribution is 5.77. The van der Waals surface area contributed by atoms with Gasteiger partial charge in [-0.3, -0.25) is 14.7 Å².